The number of carbonyl (C=O) groups is 3. The van der Waals surface area contributed by atoms with E-state index >= 15 is 0 Å². The van der Waals surface area contributed by atoms with Gasteiger partial charge in [-0.3, -0.25) is 19.8 Å². The van der Waals surface area contributed by atoms with Crippen LogP contribution in [0.2, 0.25) is 0 Å². The molecule has 0 aromatic carbocycles. The molecule has 1 N–H and O–H groups in total. The number of nitrogens with zero attached hydrogens (tertiary/aromatic N) is 1. The maximum absolute atomic E-state index is 12.5. The Bertz CT molecular complexity index is 401. The summed E-state index contributed by atoms with van der Waals surface area (Å²) in [5, 5.41) is 2.35. The van der Waals surface area contributed by atoms with Crippen molar-refractivity contribution in [2.24, 2.45) is 11.3 Å². The van der Waals surface area contributed by atoms with E-state index in [4.69, 9.17) is 0 Å². The van der Waals surface area contributed by atoms with Gasteiger partial charge in [0.05, 0.1) is 0 Å². The Labute approximate surface area is 107 Å². The molecule has 2 rings (SSSR count). The van der Waals surface area contributed by atoms with Gasteiger partial charge in [0.25, 0.3) is 0 Å². The van der Waals surface area contributed by atoms with Gasteiger partial charge in [0, 0.05) is 6.04 Å². The van der Waals surface area contributed by atoms with E-state index in [9.17, 15) is 14.4 Å². The van der Waals surface area contributed by atoms with Gasteiger partial charge in [0.1, 0.15) is 5.41 Å². The first kappa shape index (κ1) is 13.1. The highest BCUT2D eigenvalue weighted by molar-refractivity contribution is 6.19. The zero-order valence-corrected chi connectivity index (χ0v) is 11.2. The predicted molar refractivity (Wildman–Crippen MR) is 65.6 cm³/mol. The van der Waals surface area contributed by atoms with Crippen molar-refractivity contribution in [1.29, 1.82) is 0 Å². The molecule has 0 radical (unpaired) electrons. The average Bonchev–Trinajstić information content (AvgIpc) is 3.10. The summed E-state index contributed by atoms with van der Waals surface area (Å²) in [6, 6.07) is -0.545. The molecule has 0 aromatic heterocycles. The molecule has 0 aromatic rings. The van der Waals surface area contributed by atoms with E-state index in [1.54, 1.807) is 0 Å². The number of carbonyl (C=O) groups excluding carboxylic acids is 3. The van der Waals surface area contributed by atoms with Crippen molar-refractivity contribution in [2.75, 3.05) is 0 Å². The minimum absolute atomic E-state index is 0.00641. The Morgan fingerprint density at radius 3 is 2.28 bits per heavy atom. The molecular weight excluding hydrogens is 232 g/mol. The number of urea groups is 1. The van der Waals surface area contributed by atoms with E-state index in [-0.39, 0.29) is 11.9 Å². The molecule has 1 saturated heterocycles. The number of hydrogen-bond donors (Lipinski definition) is 1. The van der Waals surface area contributed by atoms with Gasteiger partial charge in [-0.1, -0.05) is 27.2 Å². The van der Waals surface area contributed by atoms with Gasteiger partial charge in [-0.25, -0.2) is 4.79 Å². The summed E-state index contributed by atoms with van der Waals surface area (Å²) in [6.07, 6.45) is 2.69. The highest BCUT2D eigenvalue weighted by atomic mass is 16.2. The Kier molecular flexibility index (Phi) is 3.17. The molecule has 5 heteroatoms. The largest absolute Gasteiger partial charge is 0.331 e. The first-order valence-corrected chi connectivity index (χ1v) is 6.70. The first-order valence-electron chi connectivity index (χ1n) is 6.70. The second kappa shape index (κ2) is 4.37. The highest BCUT2D eigenvalue weighted by Gasteiger charge is 2.57. The third-order valence-electron chi connectivity index (χ3n) is 4.45. The third kappa shape index (κ3) is 1.64. The fourth-order valence-electron chi connectivity index (χ4n) is 2.86. The molecule has 2 unspecified atom stereocenters. The van der Waals surface area contributed by atoms with Crippen LogP contribution in [0.15, 0.2) is 0 Å². The molecule has 1 saturated carbocycles. The maximum atomic E-state index is 12.5. The molecule has 2 atom stereocenters. The second-order valence-corrected chi connectivity index (χ2v) is 5.20. The summed E-state index contributed by atoms with van der Waals surface area (Å²) < 4.78 is 0. The van der Waals surface area contributed by atoms with Crippen LogP contribution in [-0.2, 0) is 9.59 Å². The van der Waals surface area contributed by atoms with Crippen molar-refractivity contribution >= 4 is 17.8 Å². The Morgan fingerprint density at radius 1 is 1.22 bits per heavy atom. The Balaban J connectivity index is 2.29. The maximum Gasteiger partial charge on any atom is 0.331 e. The Morgan fingerprint density at radius 2 is 1.83 bits per heavy atom. The summed E-state index contributed by atoms with van der Waals surface area (Å²) in [7, 11) is 0. The van der Waals surface area contributed by atoms with Gasteiger partial charge < -0.3 is 0 Å². The van der Waals surface area contributed by atoms with Crippen LogP contribution in [0.4, 0.5) is 4.79 Å². The van der Waals surface area contributed by atoms with E-state index in [0.29, 0.717) is 18.8 Å². The number of rotatable bonds is 4. The van der Waals surface area contributed by atoms with Crippen molar-refractivity contribution in [3.8, 4) is 0 Å². The van der Waals surface area contributed by atoms with Gasteiger partial charge >= 0.3 is 6.03 Å². The van der Waals surface area contributed by atoms with Crippen LogP contribution in [0.25, 0.3) is 0 Å². The molecule has 4 amide bonds. The average molecular weight is 252 g/mol. The van der Waals surface area contributed by atoms with Crippen molar-refractivity contribution < 1.29 is 14.4 Å². The van der Waals surface area contributed by atoms with Crippen LogP contribution in [0, 0.1) is 11.3 Å². The van der Waals surface area contributed by atoms with Crippen LogP contribution in [0.5, 0.6) is 0 Å². The molecule has 1 heterocycles. The molecule has 1 aliphatic carbocycles. The quantitative estimate of drug-likeness (QED) is 0.774. The van der Waals surface area contributed by atoms with E-state index in [0.717, 1.165) is 12.8 Å². The fraction of sp³-hybridized carbons (Fsp3) is 0.769. The molecule has 0 bridgehead atoms. The number of nitrogens with one attached hydrogen (secondary N) is 1. The van der Waals surface area contributed by atoms with Crippen LogP contribution < -0.4 is 5.32 Å². The molecule has 2 fully saturated rings. The summed E-state index contributed by atoms with van der Waals surface area (Å²) in [4.78, 5) is 37.6. The monoisotopic (exact) mass is 252 g/mol. The van der Waals surface area contributed by atoms with Gasteiger partial charge in [0.15, 0.2) is 0 Å². The van der Waals surface area contributed by atoms with Crippen molar-refractivity contribution in [2.45, 2.75) is 52.5 Å². The molecule has 1 aliphatic heterocycles. The standard InChI is InChI=1S/C13H20N2O3/c1-4-8-7-9(8)15-11(17)13(5-2,6-3)10(16)14-12(15)18/h8-9H,4-7H2,1-3H3,(H,14,16,18). The number of imide groups is 2. The van der Waals surface area contributed by atoms with E-state index in [2.05, 4.69) is 12.2 Å². The highest BCUT2D eigenvalue weighted by Crippen LogP contribution is 2.43. The first-order chi connectivity index (χ1) is 8.51. The molecule has 100 valence electrons. The van der Waals surface area contributed by atoms with Gasteiger partial charge in [0.2, 0.25) is 11.8 Å². The SMILES string of the molecule is CCC1CC1N1C(=O)NC(=O)C(CC)(CC)C1=O. The van der Waals surface area contributed by atoms with Gasteiger partial charge in [-0.2, -0.15) is 0 Å². The van der Waals surface area contributed by atoms with E-state index in [1.807, 2.05) is 13.8 Å². The molecule has 2 aliphatic rings. The molecular formula is C13H20N2O3. The zero-order valence-electron chi connectivity index (χ0n) is 11.2. The number of amides is 4. The molecule has 5 nitrogen and oxygen atoms in total. The lowest BCUT2D eigenvalue weighted by Crippen LogP contribution is -2.64. The lowest BCUT2D eigenvalue weighted by atomic mass is 9.78. The molecule has 0 spiro atoms. The number of barbiturate groups is 1. The van der Waals surface area contributed by atoms with Crippen LogP contribution in [-0.4, -0.2) is 28.8 Å². The van der Waals surface area contributed by atoms with Gasteiger partial charge in [-0.15, -0.1) is 0 Å². The lowest BCUT2D eigenvalue weighted by molar-refractivity contribution is -0.152. The summed E-state index contributed by atoms with van der Waals surface area (Å²) >= 11 is 0. The Hall–Kier alpha value is -1.39. The smallest absolute Gasteiger partial charge is 0.277 e. The summed E-state index contributed by atoms with van der Waals surface area (Å²) in [5.74, 6) is -0.339. The minimum atomic E-state index is -1.05. The number of hydrogen-bond acceptors (Lipinski definition) is 3. The van der Waals surface area contributed by atoms with Crippen LogP contribution >= 0.6 is 0 Å². The molecule has 18 heavy (non-hydrogen) atoms. The fourth-order valence-corrected chi connectivity index (χ4v) is 2.86. The third-order valence-corrected chi connectivity index (χ3v) is 4.45. The van der Waals surface area contributed by atoms with Crippen LogP contribution in [0.1, 0.15) is 46.5 Å². The van der Waals surface area contributed by atoms with Crippen molar-refractivity contribution in [3.05, 3.63) is 0 Å². The van der Waals surface area contributed by atoms with Crippen LogP contribution in [0.3, 0.4) is 0 Å². The zero-order chi connectivity index (χ0) is 13.5. The lowest BCUT2D eigenvalue weighted by Gasteiger charge is -2.38. The second-order valence-electron chi connectivity index (χ2n) is 5.20. The summed E-state index contributed by atoms with van der Waals surface area (Å²) in [6.45, 7) is 5.69. The van der Waals surface area contributed by atoms with Crippen molar-refractivity contribution in [1.82, 2.24) is 10.2 Å². The summed E-state index contributed by atoms with van der Waals surface area (Å²) in [5.41, 5.74) is -1.05. The van der Waals surface area contributed by atoms with Gasteiger partial charge in [-0.05, 0) is 25.2 Å². The van der Waals surface area contributed by atoms with E-state index in [1.165, 1.54) is 4.90 Å². The predicted octanol–water partition coefficient (Wildman–Crippen LogP) is 1.67. The van der Waals surface area contributed by atoms with E-state index < -0.39 is 17.4 Å². The normalized spacial score (nSPS) is 30.4. The minimum Gasteiger partial charge on any atom is -0.277 e. The topological polar surface area (TPSA) is 66.5 Å². The van der Waals surface area contributed by atoms with Crippen molar-refractivity contribution in [3.63, 3.8) is 0 Å².